The summed E-state index contributed by atoms with van der Waals surface area (Å²) < 4.78 is 5.22. The Morgan fingerprint density at radius 1 is 1.29 bits per heavy atom. The van der Waals surface area contributed by atoms with E-state index >= 15 is 0 Å². The highest BCUT2D eigenvalue weighted by Crippen LogP contribution is 2.29. The molecule has 1 N–H and O–H groups in total. The smallest absolute Gasteiger partial charge is 0.162 e. The third kappa shape index (κ3) is 2.54. The highest BCUT2D eigenvalue weighted by atomic mass is 35.5. The van der Waals surface area contributed by atoms with Crippen molar-refractivity contribution in [2.45, 2.75) is 6.61 Å². The molecule has 0 saturated heterocycles. The van der Waals surface area contributed by atoms with Crippen LogP contribution in [0.5, 0.6) is 5.75 Å². The zero-order valence-electron chi connectivity index (χ0n) is 9.22. The van der Waals surface area contributed by atoms with Crippen LogP contribution in [0, 0.1) is 0 Å². The van der Waals surface area contributed by atoms with Crippen LogP contribution in [0.4, 0.5) is 0 Å². The molecule has 0 amide bonds. The topological polar surface area (TPSA) is 55.2 Å². The summed E-state index contributed by atoms with van der Waals surface area (Å²) in [5.74, 6) is 1.16. The largest absolute Gasteiger partial charge is 0.496 e. The van der Waals surface area contributed by atoms with E-state index in [1.807, 2.05) is 0 Å². The molecule has 17 heavy (non-hydrogen) atoms. The first-order chi connectivity index (χ1) is 8.24. The van der Waals surface area contributed by atoms with Crippen LogP contribution < -0.4 is 4.74 Å². The van der Waals surface area contributed by atoms with Gasteiger partial charge in [-0.1, -0.05) is 11.6 Å². The Balaban J connectivity index is 2.44. The van der Waals surface area contributed by atoms with E-state index < -0.39 is 0 Å². The summed E-state index contributed by atoms with van der Waals surface area (Å²) in [6.07, 6.45) is 3.16. The molecule has 0 aliphatic heterocycles. The van der Waals surface area contributed by atoms with Crippen LogP contribution in [-0.2, 0) is 6.61 Å². The number of hydrogen-bond acceptors (Lipinski definition) is 4. The number of halogens is 1. The molecule has 0 unspecified atom stereocenters. The van der Waals surface area contributed by atoms with Gasteiger partial charge in [-0.25, -0.2) is 9.97 Å². The molecule has 0 fully saturated rings. The SMILES string of the molecule is COc1cc(Cl)ccc1-c1ncc(CO)cn1. The lowest BCUT2D eigenvalue weighted by Crippen LogP contribution is -1.95. The second-order valence-electron chi connectivity index (χ2n) is 3.42. The molecule has 0 spiro atoms. The lowest BCUT2D eigenvalue weighted by molar-refractivity contribution is 0.281. The Hall–Kier alpha value is -1.65. The van der Waals surface area contributed by atoms with Gasteiger partial charge in [-0.2, -0.15) is 0 Å². The van der Waals surface area contributed by atoms with E-state index in [0.717, 1.165) is 5.56 Å². The average molecular weight is 251 g/mol. The predicted molar refractivity (Wildman–Crippen MR) is 65.0 cm³/mol. The summed E-state index contributed by atoms with van der Waals surface area (Å²) >= 11 is 5.88. The predicted octanol–water partition coefficient (Wildman–Crippen LogP) is 2.30. The molecule has 88 valence electrons. The van der Waals surface area contributed by atoms with Crippen LogP contribution in [0.3, 0.4) is 0 Å². The van der Waals surface area contributed by atoms with Crippen molar-refractivity contribution in [3.05, 3.63) is 41.2 Å². The van der Waals surface area contributed by atoms with Crippen molar-refractivity contribution in [1.29, 1.82) is 0 Å². The number of aliphatic hydroxyl groups excluding tert-OH is 1. The number of aliphatic hydroxyl groups is 1. The number of ether oxygens (including phenoxy) is 1. The van der Waals surface area contributed by atoms with Gasteiger partial charge in [0.05, 0.1) is 19.3 Å². The van der Waals surface area contributed by atoms with Crippen molar-refractivity contribution in [1.82, 2.24) is 9.97 Å². The maximum absolute atomic E-state index is 8.91. The van der Waals surface area contributed by atoms with Gasteiger partial charge in [-0.15, -0.1) is 0 Å². The number of benzene rings is 1. The van der Waals surface area contributed by atoms with Gasteiger partial charge >= 0.3 is 0 Å². The number of methoxy groups -OCH3 is 1. The van der Waals surface area contributed by atoms with Gasteiger partial charge in [0.25, 0.3) is 0 Å². The maximum atomic E-state index is 8.91. The third-order valence-corrected chi connectivity index (χ3v) is 2.53. The molecule has 1 heterocycles. The molecule has 5 heteroatoms. The van der Waals surface area contributed by atoms with E-state index in [9.17, 15) is 0 Å². The number of rotatable bonds is 3. The molecule has 2 rings (SSSR count). The lowest BCUT2D eigenvalue weighted by atomic mass is 10.2. The molecule has 1 aromatic heterocycles. The quantitative estimate of drug-likeness (QED) is 0.908. The van der Waals surface area contributed by atoms with E-state index in [2.05, 4.69) is 9.97 Å². The van der Waals surface area contributed by atoms with Crippen molar-refractivity contribution in [2.24, 2.45) is 0 Å². The van der Waals surface area contributed by atoms with Crippen molar-refractivity contribution >= 4 is 11.6 Å². The van der Waals surface area contributed by atoms with Gasteiger partial charge in [0.2, 0.25) is 0 Å². The van der Waals surface area contributed by atoms with Gasteiger partial charge in [0, 0.05) is 23.0 Å². The number of nitrogens with zero attached hydrogens (tertiary/aromatic N) is 2. The highest BCUT2D eigenvalue weighted by molar-refractivity contribution is 6.30. The first kappa shape index (κ1) is 11.8. The lowest BCUT2D eigenvalue weighted by Gasteiger charge is -2.07. The third-order valence-electron chi connectivity index (χ3n) is 2.29. The number of aromatic nitrogens is 2. The fourth-order valence-corrected chi connectivity index (χ4v) is 1.59. The molecule has 4 nitrogen and oxygen atoms in total. The zero-order valence-corrected chi connectivity index (χ0v) is 9.98. The molecule has 0 atom stereocenters. The Kier molecular flexibility index (Phi) is 3.56. The molecule has 2 aromatic rings. The summed E-state index contributed by atoms with van der Waals surface area (Å²) in [7, 11) is 1.57. The molecular formula is C12H11ClN2O2. The maximum Gasteiger partial charge on any atom is 0.162 e. The molecule has 0 bridgehead atoms. The molecular weight excluding hydrogens is 240 g/mol. The highest BCUT2D eigenvalue weighted by Gasteiger charge is 2.08. The Bertz CT molecular complexity index is 514. The van der Waals surface area contributed by atoms with Crippen LogP contribution in [0.2, 0.25) is 5.02 Å². The Labute approximate surface area is 104 Å². The van der Waals surface area contributed by atoms with E-state index in [-0.39, 0.29) is 6.61 Å². The first-order valence-corrected chi connectivity index (χ1v) is 5.38. The van der Waals surface area contributed by atoms with Gasteiger partial charge < -0.3 is 9.84 Å². The fourth-order valence-electron chi connectivity index (χ4n) is 1.43. The molecule has 1 aromatic carbocycles. The van der Waals surface area contributed by atoms with Crippen LogP contribution in [0.15, 0.2) is 30.6 Å². The normalized spacial score (nSPS) is 10.3. The van der Waals surface area contributed by atoms with Crippen LogP contribution >= 0.6 is 11.6 Å². The average Bonchev–Trinajstić information content (AvgIpc) is 2.39. The Morgan fingerprint density at radius 3 is 2.59 bits per heavy atom. The van der Waals surface area contributed by atoms with Gasteiger partial charge in [-0.05, 0) is 18.2 Å². The second kappa shape index (κ2) is 5.12. The van der Waals surface area contributed by atoms with Crippen molar-refractivity contribution in [3.8, 4) is 17.1 Å². The summed E-state index contributed by atoms with van der Waals surface area (Å²) in [5.41, 5.74) is 1.43. The van der Waals surface area contributed by atoms with Crippen LogP contribution in [-0.4, -0.2) is 22.2 Å². The van der Waals surface area contributed by atoms with Crippen LogP contribution in [0.25, 0.3) is 11.4 Å². The van der Waals surface area contributed by atoms with Gasteiger partial charge in [0.15, 0.2) is 5.82 Å². The minimum absolute atomic E-state index is 0.0714. The van der Waals surface area contributed by atoms with Crippen molar-refractivity contribution in [3.63, 3.8) is 0 Å². The molecule has 0 saturated carbocycles. The first-order valence-electron chi connectivity index (χ1n) is 5.00. The summed E-state index contributed by atoms with van der Waals surface area (Å²) in [6.45, 7) is -0.0714. The monoisotopic (exact) mass is 250 g/mol. The van der Waals surface area contributed by atoms with E-state index in [1.165, 1.54) is 0 Å². The number of hydrogen-bond donors (Lipinski definition) is 1. The van der Waals surface area contributed by atoms with E-state index in [1.54, 1.807) is 37.7 Å². The second-order valence-corrected chi connectivity index (χ2v) is 3.85. The molecule has 0 radical (unpaired) electrons. The summed E-state index contributed by atoms with van der Waals surface area (Å²) in [6, 6.07) is 5.26. The summed E-state index contributed by atoms with van der Waals surface area (Å²) in [4.78, 5) is 8.33. The van der Waals surface area contributed by atoms with Crippen molar-refractivity contribution < 1.29 is 9.84 Å². The fraction of sp³-hybridized carbons (Fsp3) is 0.167. The minimum atomic E-state index is -0.0714. The van der Waals surface area contributed by atoms with Gasteiger partial charge in [-0.3, -0.25) is 0 Å². The standard InChI is InChI=1S/C12H11ClN2O2/c1-17-11-4-9(13)2-3-10(11)12-14-5-8(7-16)6-15-12/h2-6,16H,7H2,1H3. The summed E-state index contributed by atoms with van der Waals surface area (Å²) in [5, 5.41) is 9.51. The van der Waals surface area contributed by atoms with E-state index in [0.29, 0.717) is 22.2 Å². The van der Waals surface area contributed by atoms with Gasteiger partial charge in [0.1, 0.15) is 5.75 Å². The van der Waals surface area contributed by atoms with Crippen molar-refractivity contribution in [2.75, 3.05) is 7.11 Å². The zero-order chi connectivity index (χ0) is 12.3. The minimum Gasteiger partial charge on any atom is -0.496 e. The Morgan fingerprint density at radius 2 is 2.00 bits per heavy atom. The molecule has 0 aliphatic rings. The molecule has 0 aliphatic carbocycles. The van der Waals surface area contributed by atoms with Crippen LogP contribution in [0.1, 0.15) is 5.56 Å². The van der Waals surface area contributed by atoms with E-state index in [4.69, 9.17) is 21.4 Å².